The number of carboxylic acid groups (broad SMARTS) is 1. The summed E-state index contributed by atoms with van der Waals surface area (Å²) in [4.78, 5) is 21.6. The van der Waals surface area contributed by atoms with Crippen LogP contribution in [-0.4, -0.2) is 11.9 Å². The molecule has 0 saturated heterocycles. The van der Waals surface area contributed by atoms with E-state index in [1.807, 2.05) is 19.1 Å². The number of carbonyl (C=O) groups excluding carboxylic acids is 2. The fourth-order valence-electron chi connectivity index (χ4n) is 1.36. The first kappa shape index (κ1) is 17.4. The zero-order valence-corrected chi connectivity index (χ0v) is 13.2. The largest absolute Gasteiger partial charge is 1.00 e. The fourth-order valence-corrected chi connectivity index (χ4v) is 1.49. The number of halogens is 1. The number of rotatable bonds is 5. The third-order valence-corrected chi connectivity index (χ3v) is 2.56. The van der Waals surface area contributed by atoms with Crippen molar-refractivity contribution in [3.8, 4) is 0 Å². The van der Waals surface area contributed by atoms with Crippen LogP contribution in [0.1, 0.15) is 31.4 Å². The second kappa shape index (κ2) is 8.53. The number of aliphatic carboxylic acids is 1. The summed E-state index contributed by atoms with van der Waals surface area (Å²) >= 11 is 5.75. The molecule has 1 N–H and O–H groups in total. The Morgan fingerprint density at radius 2 is 1.83 bits per heavy atom. The average Bonchev–Trinajstić information content (AvgIpc) is 2.27. The summed E-state index contributed by atoms with van der Waals surface area (Å²) in [5.41, 5.74) is 0.913. The van der Waals surface area contributed by atoms with Crippen LogP contribution < -0.4 is 40.0 Å². The van der Waals surface area contributed by atoms with Crippen molar-refractivity contribution < 1.29 is 44.3 Å². The molecule has 0 spiro atoms. The summed E-state index contributed by atoms with van der Waals surface area (Å²) < 4.78 is 0. The molecular weight excluding hydrogens is 265 g/mol. The van der Waals surface area contributed by atoms with Gasteiger partial charge in [-0.1, -0.05) is 23.7 Å². The van der Waals surface area contributed by atoms with Gasteiger partial charge in [0.05, 0.1) is 6.04 Å². The number of carboxylic acids is 1. The minimum atomic E-state index is -1.22. The number of hydrogen-bond donors (Lipinski definition) is 1. The van der Waals surface area contributed by atoms with E-state index in [-0.39, 0.29) is 54.3 Å². The Morgan fingerprint density at radius 3 is 2.33 bits per heavy atom. The van der Waals surface area contributed by atoms with Crippen LogP contribution in [0.3, 0.4) is 0 Å². The van der Waals surface area contributed by atoms with E-state index in [1.165, 1.54) is 0 Å². The molecule has 1 aromatic carbocycles. The van der Waals surface area contributed by atoms with Crippen LogP contribution in [0.4, 0.5) is 0 Å². The summed E-state index contributed by atoms with van der Waals surface area (Å²) in [7, 11) is 0. The molecule has 0 fully saturated rings. The van der Waals surface area contributed by atoms with Gasteiger partial charge in [0.25, 0.3) is 0 Å². The molecule has 0 bridgehead atoms. The Balaban J connectivity index is 0.00000289. The van der Waals surface area contributed by atoms with Crippen LogP contribution in [0.25, 0.3) is 0 Å². The van der Waals surface area contributed by atoms with Crippen LogP contribution >= 0.6 is 11.6 Å². The van der Waals surface area contributed by atoms with Gasteiger partial charge in [-0.15, -0.1) is 0 Å². The SMILES string of the molecule is CC(NC(=O)CCC(=O)[O-])c1ccc(Cl)cc1.[Na+]. The van der Waals surface area contributed by atoms with Crippen molar-refractivity contribution >= 4 is 23.5 Å². The zero-order valence-electron chi connectivity index (χ0n) is 10.4. The normalized spacial score (nSPS) is 11.2. The van der Waals surface area contributed by atoms with Crippen LogP contribution in [0, 0.1) is 0 Å². The van der Waals surface area contributed by atoms with E-state index in [9.17, 15) is 14.7 Å². The van der Waals surface area contributed by atoms with Gasteiger partial charge < -0.3 is 15.2 Å². The predicted octanol–water partition coefficient (Wildman–Crippen LogP) is -1.95. The molecule has 0 aliphatic carbocycles. The zero-order chi connectivity index (χ0) is 12.8. The molecule has 0 aliphatic rings. The van der Waals surface area contributed by atoms with Gasteiger partial charge in [-0.25, -0.2) is 0 Å². The average molecular weight is 278 g/mol. The fraction of sp³-hybridized carbons (Fsp3) is 0.333. The first-order valence-electron chi connectivity index (χ1n) is 5.23. The summed E-state index contributed by atoms with van der Waals surface area (Å²) in [5, 5.41) is 13.5. The molecule has 92 valence electrons. The molecule has 1 aromatic rings. The van der Waals surface area contributed by atoms with E-state index in [2.05, 4.69) is 5.32 Å². The molecule has 18 heavy (non-hydrogen) atoms. The summed E-state index contributed by atoms with van der Waals surface area (Å²) in [5.74, 6) is -1.53. The van der Waals surface area contributed by atoms with Gasteiger partial charge in [-0.05, 0) is 31.0 Å². The predicted molar refractivity (Wildman–Crippen MR) is 62.3 cm³/mol. The van der Waals surface area contributed by atoms with E-state index in [4.69, 9.17) is 11.6 Å². The van der Waals surface area contributed by atoms with Crippen molar-refractivity contribution in [3.05, 3.63) is 34.9 Å². The Hall–Kier alpha value is -0.550. The summed E-state index contributed by atoms with van der Waals surface area (Å²) in [6, 6.07) is 6.92. The Bertz CT molecular complexity index is 408. The first-order valence-corrected chi connectivity index (χ1v) is 5.61. The van der Waals surface area contributed by atoms with E-state index in [1.54, 1.807) is 12.1 Å². The number of nitrogens with one attached hydrogen (secondary N) is 1. The molecule has 0 aliphatic heterocycles. The molecule has 6 heteroatoms. The van der Waals surface area contributed by atoms with Crippen molar-refractivity contribution in [2.75, 3.05) is 0 Å². The second-order valence-corrected chi connectivity index (χ2v) is 4.15. The van der Waals surface area contributed by atoms with Gasteiger partial charge in [0.2, 0.25) is 5.91 Å². The Kier molecular flexibility index (Phi) is 8.27. The van der Waals surface area contributed by atoms with Gasteiger partial charge in [0.15, 0.2) is 0 Å². The first-order chi connectivity index (χ1) is 7.99. The maximum atomic E-state index is 11.4. The maximum absolute atomic E-state index is 11.4. The Morgan fingerprint density at radius 1 is 1.28 bits per heavy atom. The van der Waals surface area contributed by atoms with Crippen molar-refractivity contribution in [1.82, 2.24) is 5.32 Å². The van der Waals surface area contributed by atoms with E-state index < -0.39 is 5.97 Å². The van der Waals surface area contributed by atoms with E-state index >= 15 is 0 Å². The van der Waals surface area contributed by atoms with Crippen LogP contribution in [0.2, 0.25) is 5.02 Å². The molecule has 1 unspecified atom stereocenters. The second-order valence-electron chi connectivity index (χ2n) is 3.71. The van der Waals surface area contributed by atoms with Gasteiger partial charge in [-0.3, -0.25) is 4.79 Å². The number of carbonyl (C=O) groups is 2. The minimum absolute atomic E-state index is 0. The maximum Gasteiger partial charge on any atom is 1.00 e. The summed E-state index contributed by atoms with van der Waals surface area (Å²) in [6.45, 7) is 1.82. The number of hydrogen-bond acceptors (Lipinski definition) is 3. The molecule has 1 amide bonds. The Labute approximate surface area is 133 Å². The third-order valence-electron chi connectivity index (χ3n) is 2.30. The van der Waals surface area contributed by atoms with Crippen molar-refractivity contribution in [2.24, 2.45) is 0 Å². The molecule has 0 radical (unpaired) electrons. The van der Waals surface area contributed by atoms with Crippen LogP contribution in [0.5, 0.6) is 0 Å². The quantitative estimate of drug-likeness (QED) is 0.636. The van der Waals surface area contributed by atoms with Gasteiger partial charge >= 0.3 is 29.6 Å². The standard InChI is InChI=1S/C12H14ClNO3.Na/c1-8(9-2-4-10(13)5-3-9)14-11(15)6-7-12(16)17;/h2-5,8H,6-7H2,1H3,(H,14,15)(H,16,17);/q;+1/p-1. The molecule has 4 nitrogen and oxygen atoms in total. The van der Waals surface area contributed by atoms with Gasteiger partial charge in [0.1, 0.15) is 0 Å². The third kappa shape index (κ3) is 6.40. The minimum Gasteiger partial charge on any atom is -0.550 e. The van der Waals surface area contributed by atoms with E-state index in [0.717, 1.165) is 5.56 Å². The molecule has 0 heterocycles. The number of amides is 1. The smallest absolute Gasteiger partial charge is 0.550 e. The molecule has 1 atom stereocenters. The molecule has 0 aromatic heterocycles. The van der Waals surface area contributed by atoms with Gasteiger partial charge in [-0.2, -0.15) is 0 Å². The van der Waals surface area contributed by atoms with Crippen molar-refractivity contribution in [2.45, 2.75) is 25.8 Å². The van der Waals surface area contributed by atoms with Crippen molar-refractivity contribution in [1.29, 1.82) is 0 Å². The van der Waals surface area contributed by atoms with Crippen molar-refractivity contribution in [3.63, 3.8) is 0 Å². The van der Waals surface area contributed by atoms with Gasteiger partial charge in [0, 0.05) is 17.4 Å². The molecular formula is C12H13ClNNaO3. The number of benzene rings is 1. The summed E-state index contributed by atoms with van der Waals surface area (Å²) in [6.07, 6.45) is -0.334. The van der Waals surface area contributed by atoms with E-state index in [0.29, 0.717) is 5.02 Å². The van der Waals surface area contributed by atoms with Crippen LogP contribution in [0.15, 0.2) is 24.3 Å². The topological polar surface area (TPSA) is 69.2 Å². The van der Waals surface area contributed by atoms with Crippen LogP contribution in [-0.2, 0) is 9.59 Å². The molecule has 0 saturated carbocycles. The molecule has 1 rings (SSSR count). The monoisotopic (exact) mass is 277 g/mol.